The van der Waals surface area contributed by atoms with Crippen molar-refractivity contribution in [2.24, 2.45) is 5.92 Å². The number of rotatable bonds is 8. The van der Waals surface area contributed by atoms with Gasteiger partial charge in [0.15, 0.2) is 0 Å². The van der Waals surface area contributed by atoms with Gasteiger partial charge < -0.3 is 0 Å². The summed E-state index contributed by atoms with van der Waals surface area (Å²) in [4.78, 5) is 0. The Kier molecular flexibility index (Phi) is 9.63. The molecular weight excluding hydrogens is 156 g/mol. The van der Waals surface area contributed by atoms with E-state index in [1.807, 2.05) is 0 Å². The van der Waals surface area contributed by atoms with Crippen molar-refractivity contribution in [3.63, 3.8) is 0 Å². The third kappa shape index (κ3) is 9.66. The molecule has 0 spiro atoms. The lowest BCUT2D eigenvalue weighted by atomic mass is 9.99. The third-order valence-corrected chi connectivity index (χ3v) is 2.57. The Balaban J connectivity index is 3.12. The van der Waals surface area contributed by atoms with Crippen LogP contribution in [0.2, 0.25) is 0 Å². The van der Waals surface area contributed by atoms with Gasteiger partial charge in [-0.05, 0) is 19.3 Å². The van der Waals surface area contributed by atoms with Crippen LogP contribution in [0.3, 0.4) is 0 Å². The van der Waals surface area contributed by atoms with E-state index in [1.54, 1.807) is 0 Å². The van der Waals surface area contributed by atoms with E-state index in [4.69, 9.17) is 0 Å². The minimum Gasteiger partial charge on any atom is -0.0917 e. The average molecular weight is 182 g/mol. The topological polar surface area (TPSA) is 0 Å². The minimum atomic E-state index is 0.887. The molecule has 0 saturated carbocycles. The van der Waals surface area contributed by atoms with Crippen LogP contribution in [-0.4, -0.2) is 0 Å². The van der Waals surface area contributed by atoms with Gasteiger partial charge in [0.25, 0.3) is 0 Å². The lowest BCUT2D eigenvalue weighted by molar-refractivity contribution is 0.490. The number of hydrogen-bond donors (Lipinski definition) is 0. The van der Waals surface area contributed by atoms with Gasteiger partial charge in [0, 0.05) is 0 Å². The summed E-state index contributed by atoms with van der Waals surface area (Å²) in [6, 6.07) is 0. The molecule has 0 rings (SSSR count). The largest absolute Gasteiger partial charge is 0.0917 e. The van der Waals surface area contributed by atoms with Crippen molar-refractivity contribution in [3.8, 4) is 0 Å². The SMILES string of the molecule is CC=CCC(C)CCCCCCC. The van der Waals surface area contributed by atoms with Gasteiger partial charge in [0.05, 0.1) is 0 Å². The quantitative estimate of drug-likeness (QED) is 0.368. The molecule has 0 amide bonds. The second-order valence-corrected chi connectivity index (χ2v) is 4.11. The van der Waals surface area contributed by atoms with E-state index in [-0.39, 0.29) is 0 Å². The fourth-order valence-corrected chi connectivity index (χ4v) is 1.58. The van der Waals surface area contributed by atoms with Gasteiger partial charge in [-0.3, -0.25) is 0 Å². The summed E-state index contributed by atoms with van der Waals surface area (Å²) in [5.41, 5.74) is 0. The van der Waals surface area contributed by atoms with Crippen molar-refractivity contribution in [2.75, 3.05) is 0 Å². The summed E-state index contributed by atoms with van der Waals surface area (Å²) < 4.78 is 0. The maximum Gasteiger partial charge on any atom is -0.0325 e. The first-order chi connectivity index (χ1) is 6.31. The highest BCUT2D eigenvalue weighted by Crippen LogP contribution is 2.14. The Hall–Kier alpha value is -0.260. The summed E-state index contributed by atoms with van der Waals surface area (Å²) >= 11 is 0. The predicted molar refractivity (Wildman–Crippen MR) is 62.0 cm³/mol. The van der Waals surface area contributed by atoms with Crippen LogP contribution >= 0.6 is 0 Å². The summed E-state index contributed by atoms with van der Waals surface area (Å²) in [5, 5.41) is 0. The molecule has 0 heteroatoms. The molecule has 0 fully saturated rings. The fraction of sp³-hybridized carbons (Fsp3) is 0.846. The van der Waals surface area contributed by atoms with Crippen LogP contribution in [0.15, 0.2) is 12.2 Å². The van der Waals surface area contributed by atoms with Crippen LogP contribution in [0.1, 0.15) is 65.7 Å². The monoisotopic (exact) mass is 182 g/mol. The first-order valence-corrected chi connectivity index (χ1v) is 5.92. The van der Waals surface area contributed by atoms with E-state index < -0.39 is 0 Å². The van der Waals surface area contributed by atoms with Crippen LogP contribution in [0.25, 0.3) is 0 Å². The smallest absolute Gasteiger partial charge is 0.0325 e. The second-order valence-electron chi connectivity index (χ2n) is 4.11. The van der Waals surface area contributed by atoms with Crippen LogP contribution in [0.5, 0.6) is 0 Å². The standard InChI is InChI=1S/C13H26/c1-4-6-8-9-10-12-13(3)11-7-5-2/h5,7,13H,4,6,8-12H2,1-3H3. The van der Waals surface area contributed by atoms with Gasteiger partial charge >= 0.3 is 0 Å². The summed E-state index contributed by atoms with van der Waals surface area (Å²) in [6.07, 6.45) is 14.2. The Morgan fingerprint density at radius 3 is 2.38 bits per heavy atom. The van der Waals surface area contributed by atoms with Crippen molar-refractivity contribution in [1.82, 2.24) is 0 Å². The normalized spacial score (nSPS) is 13.8. The molecule has 0 aliphatic rings. The molecule has 0 aromatic carbocycles. The van der Waals surface area contributed by atoms with E-state index in [9.17, 15) is 0 Å². The van der Waals surface area contributed by atoms with E-state index in [2.05, 4.69) is 32.9 Å². The van der Waals surface area contributed by atoms with Crippen molar-refractivity contribution in [1.29, 1.82) is 0 Å². The minimum absolute atomic E-state index is 0.887. The van der Waals surface area contributed by atoms with Crippen molar-refractivity contribution >= 4 is 0 Å². The first-order valence-electron chi connectivity index (χ1n) is 5.92. The molecule has 13 heavy (non-hydrogen) atoms. The molecule has 0 aromatic rings. The van der Waals surface area contributed by atoms with Crippen LogP contribution < -0.4 is 0 Å². The molecule has 0 bridgehead atoms. The van der Waals surface area contributed by atoms with Gasteiger partial charge in [-0.15, -0.1) is 0 Å². The van der Waals surface area contributed by atoms with Crippen molar-refractivity contribution in [3.05, 3.63) is 12.2 Å². The van der Waals surface area contributed by atoms with Gasteiger partial charge in [-0.2, -0.15) is 0 Å². The number of unbranched alkanes of at least 4 members (excludes halogenated alkanes) is 4. The highest BCUT2D eigenvalue weighted by atomic mass is 14.0. The molecule has 0 aliphatic heterocycles. The molecule has 0 aromatic heterocycles. The zero-order valence-electron chi connectivity index (χ0n) is 9.68. The Bertz CT molecular complexity index is 113. The lowest BCUT2D eigenvalue weighted by Gasteiger charge is -2.07. The molecular formula is C13H26. The molecule has 78 valence electrons. The van der Waals surface area contributed by atoms with E-state index in [0.717, 1.165) is 5.92 Å². The fourth-order valence-electron chi connectivity index (χ4n) is 1.58. The number of hydrogen-bond acceptors (Lipinski definition) is 0. The van der Waals surface area contributed by atoms with Gasteiger partial charge in [0.1, 0.15) is 0 Å². The van der Waals surface area contributed by atoms with Crippen LogP contribution in [0.4, 0.5) is 0 Å². The summed E-state index contributed by atoms with van der Waals surface area (Å²) in [6.45, 7) is 6.74. The Morgan fingerprint density at radius 1 is 1.08 bits per heavy atom. The molecule has 0 aliphatic carbocycles. The van der Waals surface area contributed by atoms with Crippen molar-refractivity contribution in [2.45, 2.75) is 65.7 Å². The van der Waals surface area contributed by atoms with E-state index >= 15 is 0 Å². The number of allylic oxidation sites excluding steroid dienone is 2. The first kappa shape index (κ1) is 12.7. The van der Waals surface area contributed by atoms with E-state index in [0.29, 0.717) is 0 Å². The summed E-state index contributed by atoms with van der Waals surface area (Å²) in [7, 11) is 0. The maximum atomic E-state index is 2.36. The van der Waals surface area contributed by atoms with Crippen molar-refractivity contribution < 1.29 is 0 Å². The predicted octanol–water partition coefficient (Wildman–Crippen LogP) is 4.95. The molecule has 0 heterocycles. The molecule has 0 radical (unpaired) electrons. The highest BCUT2D eigenvalue weighted by molar-refractivity contribution is 4.78. The molecule has 0 nitrogen and oxygen atoms in total. The zero-order chi connectivity index (χ0) is 9.94. The van der Waals surface area contributed by atoms with Gasteiger partial charge in [-0.25, -0.2) is 0 Å². The Morgan fingerprint density at radius 2 is 1.77 bits per heavy atom. The third-order valence-electron chi connectivity index (χ3n) is 2.57. The summed E-state index contributed by atoms with van der Waals surface area (Å²) in [5.74, 6) is 0.887. The average Bonchev–Trinajstić information content (AvgIpc) is 2.14. The van der Waals surface area contributed by atoms with Gasteiger partial charge in [0.2, 0.25) is 0 Å². The molecule has 0 N–H and O–H groups in total. The Labute approximate surface area is 84.4 Å². The molecule has 1 atom stereocenters. The maximum absolute atomic E-state index is 2.36. The molecule has 1 unspecified atom stereocenters. The lowest BCUT2D eigenvalue weighted by Crippen LogP contribution is -1.92. The molecule has 0 saturated heterocycles. The zero-order valence-corrected chi connectivity index (χ0v) is 9.68. The van der Waals surface area contributed by atoms with Crippen LogP contribution in [-0.2, 0) is 0 Å². The van der Waals surface area contributed by atoms with Gasteiger partial charge in [-0.1, -0.05) is 64.5 Å². The van der Waals surface area contributed by atoms with Crippen LogP contribution in [0, 0.1) is 5.92 Å². The van der Waals surface area contributed by atoms with E-state index in [1.165, 1.54) is 44.9 Å². The highest BCUT2D eigenvalue weighted by Gasteiger charge is 1.98. The second kappa shape index (κ2) is 9.83.